The van der Waals surface area contributed by atoms with Crippen molar-refractivity contribution in [2.45, 2.75) is 32.5 Å². The van der Waals surface area contributed by atoms with Gasteiger partial charge in [-0.15, -0.1) is 0 Å². The molecule has 1 aliphatic heterocycles. The first-order valence-electron chi connectivity index (χ1n) is 4.86. The number of nitrogens with two attached hydrogens (primary N) is 1. The van der Waals surface area contributed by atoms with Gasteiger partial charge in [0, 0.05) is 36.9 Å². The Morgan fingerprint density at radius 3 is 2.93 bits per heavy atom. The van der Waals surface area contributed by atoms with E-state index in [9.17, 15) is 0 Å². The van der Waals surface area contributed by atoms with E-state index >= 15 is 0 Å². The van der Waals surface area contributed by atoms with E-state index in [-0.39, 0.29) is 5.54 Å². The standard InChI is InChI=1S/C10H16N4/c1-10(2,6-11)14-4-8-3-12-7-13-9(8)5-14/h3,7H,4-6,11H2,1-2H3. The van der Waals surface area contributed by atoms with Crippen LogP contribution in [0, 0.1) is 0 Å². The van der Waals surface area contributed by atoms with Crippen molar-refractivity contribution >= 4 is 0 Å². The van der Waals surface area contributed by atoms with Crippen molar-refractivity contribution in [2.75, 3.05) is 6.54 Å². The molecule has 1 aromatic heterocycles. The first-order chi connectivity index (χ1) is 6.63. The molecule has 0 saturated heterocycles. The Morgan fingerprint density at radius 2 is 2.29 bits per heavy atom. The molecule has 0 bridgehead atoms. The Balaban J connectivity index is 2.19. The zero-order valence-electron chi connectivity index (χ0n) is 8.70. The number of rotatable bonds is 2. The zero-order chi connectivity index (χ0) is 10.2. The molecule has 14 heavy (non-hydrogen) atoms. The lowest BCUT2D eigenvalue weighted by Gasteiger charge is -2.33. The first-order valence-corrected chi connectivity index (χ1v) is 4.86. The van der Waals surface area contributed by atoms with Gasteiger partial charge in [0.1, 0.15) is 6.33 Å². The van der Waals surface area contributed by atoms with Gasteiger partial charge in [-0.2, -0.15) is 0 Å². The van der Waals surface area contributed by atoms with E-state index < -0.39 is 0 Å². The zero-order valence-corrected chi connectivity index (χ0v) is 8.70. The van der Waals surface area contributed by atoms with E-state index in [1.165, 1.54) is 5.56 Å². The van der Waals surface area contributed by atoms with E-state index in [1.54, 1.807) is 6.33 Å². The number of aromatic nitrogens is 2. The fourth-order valence-electron chi connectivity index (χ4n) is 1.66. The number of fused-ring (bicyclic) bond motifs is 1. The maximum atomic E-state index is 5.74. The van der Waals surface area contributed by atoms with Gasteiger partial charge in [0.2, 0.25) is 0 Å². The summed E-state index contributed by atoms with van der Waals surface area (Å²) in [5.41, 5.74) is 8.16. The van der Waals surface area contributed by atoms with Crippen molar-refractivity contribution in [3.63, 3.8) is 0 Å². The summed E-state index contributed by atoms with van der Waals surface area (Å²) in [6.07, 6.45) is 3.51. The molecule has 0 unspecified atom stereocenters. The van der Waals surface area contributed by atoms with Crippen molar-refractivity contribution in [1.82, 2.24) is 14.9 Å². The molecule has 0 saturated carbocycles. The van der Waals surface area contributed by atoms with Gasteiger partial charge in [0.25, 0.3) is 0 Å². The Kier molecular flexibility index (Phi) is 2.25. The van der Waals surface area contributed by atoms with Crippen LogP contribution in [0.2, 0.25) is 0 Å². The van der Waals surface area contributed by atoms with E-state index in [0.29, 0.717) is 6.54 Å². The molecule has 0 amide bonds. The lowest BCUT2D eigenvalue weighted by molar-refractivity contribution is 0.125. The molecule has 4 nitrogen and oxygen atoms in total. The summed E-state index contributed by atoms with van der Waals surface area (Å²) < 4.78 is 0. The molecule has 4 heteroatoms. The summed E-state index contributed by atoms with van der Waals surface area (Å²) >= 11 is 0. The molecule has 0 fully saturated rings. The van der Waals surface area contributed by atoms with Crippen LogP contribution in [0.3, 0.4) is 0 Å². The highest BCUT2D eigenvalue weighted by Gasteiger charge is 2.31. The highest BCUT2D eigenvalue weighted by Crippen LogP contribution is 2.26. The summed E-state index contributed by atoms with van der Waals surface area (Å²) in [5, 5.41) is 0. The van der Waals surface area contributed by atoms with Crippen LogP contribution in [0.5, 0.6) is 0 Å². The van der Waals surface area contributed by atoms with Gasteiger partial charge < -0.3 is 5.73 Å². The maximum Gasteiger partial charge on any atom is 0.115 e. The summed E-state index contributed by atoms with van der Waals surface area (Å²) in [6.45, 7) is 6.79. The Labute approximate surface area is 84.2 Å². The van der Waals surface area contributed by atoms with E-state index in [0.717, 1.165) is 18.8 Å². The summed E-state index contributed by atoms with van der Waals surface area (Å²) in [5.74, 6) is 0. The third-order valence-corrected chi connectivity index (χ3v) is 2.94. The van der Waals surface area contributed by atoms with Gasteiger partial charge in [-0.3, -0.25) is 4.90 Å². The quantitative estimate of drug-likeness (QED) is 0.742. The molecular weight excluding hydrogens is 176 g/mol. The molecule has 76 valence electrons. The lowest BCUT2D eigenvalue weighted by atomic mass is 10.0. The molecule has 1 aliphatic rings. The summed E-state index contributed by atoms with van der Waals surface area (Å²) in [4.78, 5) is 10.6. The molecule has 0 aromatic carbocycles. The van der Waals surface area contributed by atoms with E-state index in [4.69, 9.17) is 5.73 Å². The normalized spacial score (nSPS) is 17.1. The fourth-order valence-corrected chi connectivity index (χ4v) is 1.66. The Morgan fingerprint density at radius 1 is 1.50 bits per heavy atom. The molecule has 2 rings (SSSR count). The molecule has 1 aromatic rings. The van der Waals surface area contributed by atoms with E-state index in [1.807, 2.05) is 6.20 Å². The Hall–Kier alpha value is -1.00. The number of hydrogen-bond donors (Lipinski definition) is 1. The number of nitrogens with zero attached hydrogens (tertiary/aromatic N) is 3. The van der Waals surface area contributed by atoms with Gasteiger partial charge in [0.15, 0.2) is 0 Å². The second kappa shape index (κ2) is 3.29. The van der Waals surface area contributed by atoms with Crippen molar-refractivity contribution in [3.8, 4) is 0 Å². The topological polar surface area (TPSA) is 55.0 Å². The number of hydrogen-bond acceptors (Lipinski definition) is 4. The van der Waals surface area contributed by atoms with Gasteiger partial charge in [-0.1, -0.05) is 0 Å². The first kappa shape index (κ1) is 9.55. The van der Waals surface area contributed by atoms with Gasteiger partial charge in [0.05, 0.1) is 5.69 Å². The van der Waals surface area contributed by atoms with Crippen molar-refractivity contribution < 1.29 is 0 Å². The molecule has 0 radical (unpaired) electrons. The van der Waals surface area contributed by atoms with Crippen LogP contribution in [0.1, 0.15) is 25.1 Å². The van der Waals surface area contributed by atoms with Crippen LogP contribution >= 0.6 is 0 Å². The predicted octanol–water partition coefficient (Wildman–Crippen LogP) is 0.529. The fraction of sp³-hybridized carbons (Fsp3) is 0.600. The summed E-state index contributed by atoms with van der Waals surface area (Å²) in [6, 6.07) is 0. The van der Waals surface area contributed by atoms with Crippen LogP contribution in [0.15, 0.2) is 12.5 Å². The molecule has 0 spiro atoms. The summed E-state index contributed by atoms with van der Waals surface area (Å²) in [7, 11) is 0. The molecule has 2 heterocycles. The lowest BCUT2D eigenvalue weighted by Crippen LogP contribution is -2.46. The highest BCUT2D eigenvalue weighted by atomic mass is 15.2. The SMILES string of the molecule is CC(C)(CN)N1Cc2cncnc2C1. The predicted molar refractivity (Wildman–Crippen MR) is 54.4 cm³/mol. The Bertz CT molecular complexity index is 310. The van der Waals surface area contributed by atoms with Crippen LogP contribution in [-0.4, -0.2) is 27.0 Å². The minimum absolute atomic E-state index is 0.0424. The second-order valence-corrected chi connectivity index (χ2v) is 4.37. The smallest absolute Gasteiger partial charge is 0.115 e. The van der Waals surface area contributed by atoms with Gasteiger partial charge in [-0.25, -0.2) is 9.97 Å². The molecule has 0 atom stereocenters. The van der Waals surface area contributed by atoms with E-state index in [2.05, 4.69) is 28.7 Å². The third kappa shape index (κ3) is 1.51. The van der Waals surface area contributed by atoms with Gasteiger partial charge in [-0.05, 0) is 13.8 Å². The third-order valence-electron chi connectivity index (χ3n) is 2.94. The molecule has 0 aliphatic carbocycles. The van der Waals surface area contributed by atoms with Crippen LogP contribution in [0.4, 0.5) is 0 Å². The average Bonchev–Trinajstić information content (AvgIpc) is 2.61. The molecular formula is C10H16N4. The van der Waals surface area contributed by atoms with Crippen LogP contribution in [0.25, 0.3) is 0 Å². The minimum Gasteiger partial charge on any atom is -0.329 e. The van der Waals surface area contributed by atoms with Crippen molar-refractivity contribution in [2.24, 2.45) is 5.73 Å². The monoisotopic (exact) mass is 192 g/mol. The van der Waals surface area contributed by atoms with Crippen LogP contribution in [-0.2, 0) is 13.1 Å². The largest absolute Gasteiger partial charge is 0.329 e. The van der Waals surface area contributed by atoms with Gasteiger partial charge >= 0.3 is 0 Å². The second-order valence-electron chi connectivity index (χ2n) is 4.37. The highest BCUT2D eigenvalue weighted by molar-refractivity contribution is 5.21. The molecule has 2 N–H and O–H groups in total. The average molecular weight is 192 g/mol. The maximum absolute atomic E-state index is 5.74. The van der Waals surface area contributed by atoms with Crippen molar-refractivity contribution in [1.29, 1.82) is 0 Å². The minimum atomic E-state index is 0.0424. The van der Waals surface area contributed by atoms with Crippen molar-refractivity contribution in [3.05, 3.63) is 23.8 Å². The van der Waals surface area contributed by atoms with Crippen LogP contribution < -0.4 is 5.73 Å².